The van der Waals surface area contributed by atoms with Crippen molar-refractivity contribution in [3.63, 3.8) is 0 Å². The largest absolute Gasteiger partial charge is 0.448 e. The fourth-order valence-corrected chi connectivity index (χ4v) is 4.15. The number of carbonyl (C=O) groups excluding carboxylic acids is 1. The number of amides is 1. The summed E-state index contributed by atoms with van der Waals surface area (Å²) in [7, 11) is -3.76. The Kier molecular flexibility index (Phi) is 4.87. The van der Waals surface area contributed by atoms with Crippen LogP contribution in [-0.4, -0.2) is 32.6 Å². The Morgan fingerprint density at radius 1 is 1.24 bits per heavy atom. The van der Waals surface area contributed by atoms with E-state index in [9.17, 15) is 13.2 Å². The molecule has 0 aromatic heterocycles. The van der Waals surface area contributed by atoms with E-state index in [1.165, 1.54) is 6.07 Å². The van der Waals surface area contributed by atoms with E-state index in [4.69, 9.17) is 16.3 Å². The summed E-state index contributed by atoms with van der Waals surface area (Å²) in [5.41, 5.74) is 1.83. The molecule has 1 fully saturated rings. The zero-order valence-corrected chi connectivity index (χ0v) is 15.1. The number of cyclic esters (lactones) is 1. The highest BCUT2D eigenvalue weighted by Crippen LogP contribution is 2.23. The lowest BCUT2D eigenvalue weighted by molar-refractivity contribution is 0.157. The summed E-state index contributed by atoms with van der Waals surface area (Å²) in [4.78, 5) is 13.2. The predicted octanol–water partition coefficient (Wildman–Crippen LogP) is 3.40. The molecule has 3 rings (SSSR count). The van der Waals surface area contributed by atoms with E-state index in [-0.39, 0.29) is 11.0 Å². The first-order chi connectivity index (χ1) is 11.8. The Bertz CT molecular complexity index is 915. The Balaban J connectivity index is 1.81. The Morgan fingerprint density at radius 3 is 2.76 bits per heavy atom. The molecule has 6 nitrogen and oxygen atoms in total. The van der Waals surface area contributed by atoms with Crippen molar-refractivity contribution in [3.05, 3.63) is 58.6 Å². The van der Waals surface area contributed by atoms with Gasteiger partial charge in [0.2, 0.25) is 0 Å². The number of halogens is 1. The molecule has 2 aromatic rings. The molecular weight excluding hydrogens is 364 g/mol. The summed E-state index contributed by atoms with van der Waals surface area (Å²) in [6, 6.07) is 11.6. The van der Waals surface area contributed by atoms with Crippen LogP contribution in [0.4, 0.5) is 10.5 Å². The van der Waals surface area contributed by atoms with Crippen LogP contribution in [0.15, 0.2) is 47.4 Å². The van der Waals surface area contributed by atoms with Crippen LogP contribution in [0.2, 0.25) is 5.02 Å². The number of aryl methyl sites for hydroxylation is 1. The van der Waals surface area contributed by atoms with Crippen LogP contribution in [0, 0.1) is 6.92 Å². The molecule has 0 unspecified atom stereocenters. The first-order valence-corrected chi connectivity index (χ1v) is 9.51. The van der Waals surface area contributed by atoms with Gasteiger partial charge in [0.15, 0.2) is 0 Å². The van der Waals surface area contributed by atoms with Crippen molar-refractivity contribution in [1.82, 2.24) is 4.90 Å². The molecule has 1 heterocycles. The summed E-state index contributed by atoms with van der Waals surface area (Å²) in [5, 5.41) is 0.354. The van der Waals surface area contributed by atoms with Crippen LogP contribution in [0.5, 0.6) is 0 Å². The van der Waals surface area contributed by atoms with Gasteiger partial charge in [-0.25, -0.2) is 13.2 Å². The van der Waals surface area contributed by atoms with Crippen molar-refractivity contribution in [2.75, 3.05) is 17.9 Å². The topological polar surface area (TPSA) is 75.7 Å². The Hall–Kier alpha value is -2.25. The number of ether oxygens (including phenoxy) is 1. The first-order valence-electron chi connectivity index (χ1n) is 7.65. The number of nitrogens with zero attached hydrogens (tertiary/aromatic N) is 1. The van der Waals surface area contributed by atoms with Crippen LogP contribution in [-0.2, 0) is 21.3 Å². The molecule has 0 saturated carbocycles. The van der Waals surface area contributed by atoms with Crippen molar-refractivity contribution >= 4 is 33.4 Å². The average molecular weight is 381 g/mol. The zero-order valence-electron chi connectivity index (χ0n) is 13.5. The van der Waals surface area contributed by atoms with Gasteiger partial charge in [0, 0.05) is 17.3 Å². The van der Waals surface area contributed by atoms with Gasteiger partial charge in [-0.05, 0) is 42.3 Å². The molecule has 1 amide bonds. The SMILES string of the molecule is Cc1ccc(Cl)cc1S(=O)(=O)Nc1cccc(CN2CCOC2=O)c1. The lowest BCUT2D eigenvalue weighted by atomic mass is 10.2. The number of nitrogens with one attached hydrogen (secondary N) is 1. The normalized spacial score (nSPS) is 14.5. The van der Waals surface area contributed by atoms with Crippen molar-refractivity contribution in [2.24, 2.45) is 0 Å². The highest BCUT2D eigenvalue weighted by atomic mass is 35.5. The van der Waals surface area contributed by atoms with Gasteiger partial charge < -0.3 is 9.64 Å². The third kappa shape index (κ3) is 4.05. The predicted molar refractivity (Wildman–Crippen MR) is 95.2 cm³/mol. The summed E-state index contributed by atoms with van der Waals surface area (Å²) < 4.78 is 32.7. The Labute approximate surface area is 151 Å². The quantitative estimate of drug-likeness (QED) is 0.862. The second-order valence-corrected chi connectivity index (χ2v) is 7.84. The molecule has 1 N–H and O–H groups in total. The standard InChI is InChI=1S/C17H17ClN2O4S/c1-12-5-6-14(18)10-16(12)25(22,23)19-15-4-2-3-13(9-15)11-20-7-8-24-17(20)21/h2-6,9-10,19H,7-8,11H2,1H3. The third-order valence-electron chi connectivity index (χ3n) is 3.84. The van der Waals surface area contributed by atoms with E-state index >= 15 is 0 Å². The van der Waals surface area contributed by atoms with Crippen molar-refractivity contribution in [2.45, 2.75) is 18.4 Å². The van der Waals surface area contributed by atoms with Gasteiger partial charge in [-0.2, -0.15) is 0 Å². The third-order valence-corrected chi connectivity index (χ3v) is 5.60. The van der Waals surface area contributed by atoms with E-state index in [1.54, 1.807) is 42.2 Å². The average Bonchev–Trinajstić information content (AvgIpc) is 2.94. The Morgan fingerprint density at radius 2 is 2.04 bits per heavy atom. The molecule has 0 aliphatic carbocycles. The van der Waals surface area contributed by atoms with E-state index in [0.717, 1.165) is 5.56 Å². The van der Waals surface area contributed by atoms with Crippen LogP contribution >= 0.6 is 11.6 Å². The molecule has 25 heavy (non-hydrogen) atoms. The maximum Gasteiger partial charge on any atom is 0.410 e. The lowest BCUT2D eigenvalue weighted by Crippen LogP contribution is -2.23. The minimum Gasteiger partial charge on any atom is -0.448 e. The monoisotopic (exact) mass is 380 g/mol. The van der Waals surface area contributed by atoms with E-state index in [1.807, 2.05) is 6.07 Å². The molecule has 1 saturated heterocycles. The fraction of sp³-hybridized carbons (Fsp3) is 0.235. The van der Waals surface area contributed by atoms with Gasteiger partial charge in [0.25, 0.3) is 10.0 Å². The minimum absolute atomic E-state index is 0.133. The van der Waals surface area contributed by atoms with Crippen LogP contribution < -0.4 is 4.72 Å². The van der Waals surface area contributed by atoms with Crippen LogP contribution in [0.3, 0.4) is 0 Å². The highest BCUT2D eigenvalue weighted by Gasteiger charge is 2.22. The number of hydrogen-bond acceptors (Lipinski definition) is 4. The molecule has 1 aliphatic heterocycles. The molecule has 8 heteroatoms. The van der Waals surface area contributed by atoms with Gasteiger partial charge in [0.1, 0.15) is 6.61 Å². The summed E-state index contributed by atoms with van der Waals surface area (Å²) in [6.07, 6.45) is -0.361. The molecule has 0 bridgehead atoms. The van der Waals surface area contributed by atoms with Crippen molar-refractivity contribution in [3.8, 4) is 0 Å². The summed E-state index contributed by atoms with van der Waals surface area (Å²) >= 11 is 5.92. The van der Waals surface area contributed by atoms with Gasteiger partial charge in [-0.3, -0.25) is 4.72 Å². The molecule has 0 spiro atoms. The number of benzene rings is 2. The van der Waals surface area contributed by atoms with Crippen molar-refractivity contribution < 1.29 is 17.9 Å². The van der Waals surface area contributed by atoms with Crippen LogP contribution in [0.25, 0.3) is 0 Å². The van der Waals surface area contributed by atoms with Gasteiger partial charge in [-0.1, -0.05) is 29.8 Å². The summed E-state index contributed by atoms with van der Waals surface area (Å²) in [5.74, 6) is 0. The smallest absolute Gasteiger partial charge is 0.410 e. The lowest BCUT2D eigenvalue weighted by Gasteiger charge is -2.14. The number of anilines is 1. The fourth-order valence-electron chi connectivity index (χ4n) is 2.60. The number of rotatable bonds is 5. The van der Waals surface area contributed by atoms with E-state index in [0.29, 0.717) is 36.0 Å². The molecule has 0 atom stereocenters. The number of carbonyl (C=O) groups is 1. The number of hydrogen-bond donors (Lipinski definition) is 1. The summed E-state index contributed by atoms with van der Waals surface area (Å²) in [6.45, 7) is 2.97. The molecule has 0 radical (unpaired) electrons. The maximum atomic E-state index is 12.6. The van der Waals surface area contributed by atoms with Gasteiger partial charge >= 0.3 is 6.09 Å². The minimum atomic E-state index is -3.76. The second-order valence-electron chi connectivity index (χ2n) is 5.75. The van der Waals surface area contributed by atoms with E-state index < -0.39 is 10.0 Å². The van der Waals surface area contributed by atoms with Crippen molar-refractivity contribution in [1.29, 1.82) is 0 Å². The highest BCUT2D eigenvalue weighted by molar-refractivity contribution is 7.92. The molecule has 2 aromatic carbocycles. The molecule has 1 aliphatic rings. The van der Waals surface area contributed by atoms with E-state index in [2.05, 4.69) is 4.72 Å². The number of sulfonamides is 1. The molecular formula is C17H17ClN2O4S. The first kappa shape index (κ1) is 17.6. The zero-order chi connectivity index (χ0) is 18.0. The van der Waals surface area contributed by atoms with Gasteiger partial charge in [0.05, 0.1) is 11.4 Å². The van der Waals surface area contributed by atoms with Crippen LogP contribution in [0.1, 0.15) is 11.1 Å². The maximum absolute atomic E-state index is 12.6. The second kappa shape index (κ2) is 6.93. The van der Waals surface area contributed by atoms with Gasteiger partial charge in [-0.15, -0.1) is 0 Å². The molecule has 132 valence electrons.